The lowest BCUT2D eigenvalue weighted by Crippen LogP contribution is -1.80. The Hall–Kier alpha value is -1.22. The van der Waals surface area contributed by atoms with Gasteiger partial charge in [-0.05, 0) is 12.0 Å². The average molecular weight is 220 g/mol. The Morgan fingerprint density at radius 2 is 1.80 bits per heavy atom. The van der Waals surface area contributed by atoms with Gasteiger partial charge in [-0.3, -0.25) is 0 Å². The van der Waals surface area contributed by atoms with Gasteiger partial charge in [-0.2, -0.15) is 0 Å². The third-order valence-electron chi connectivity index (χ3n) is 1.97. The van der Waals surface area contributed by atoms with E-state index in [1.807, 2.05) is 13.8 Å². The number of rotatable bonds is 2. The molecule has 0 spiro atoms. The van der Waals surface area contributed by atoms with Crippen molar-refractivity contribution in [2.45, 2.75) is 27.2 Å². The molecule has 3 heteroatoms. The summed E-state index contributed by atoms with van der Waals surface area (Å²) in [6, 6.07) is 8.46. The Bertz CT molecular complexity index is 365. The molecule has 1 aromatic heterocycles. The molecular weight excluding hydrogens is 204 g/mol. The van der Waals surface area contributed by atoms with Gasteiger partial charge >= 0.3 is 0 Å². The molecule has 1 aromatic carbocycles. The maximum absolute atomic E-state index is 4.01. The first-order valence-corrected chi connectivity index (χ1v) is 6.13. The molecule has 0 unspecified atom stereocenters. The fourth-order valence-corrected chi connectivity index (χ4v) is 1.74. The molecule has 0 N–H and O–H groups in total. The quantitative estimate of drug-likeness (QED) is 0.769. The van der Waals surface area contributed by atoms with Crippen molar-refractivity contribution in [3.63, 3.8) is 0 Å². The summed E-state index contributed by atoms with van der Waals surface area (Å²) in [4.78, 5) is 0. The minimum atomic E-state index is 0.989. The SMILES string of the molecule is CC.CCc1ccc(-c2nncs2)cc1. The molecular formula is C12H16N2S. The molecule has 0 saturated carbocycles. The Balaban J connectivity index is 0.000000531. The lowest BCUT2D eigenvalue weighted by Gasteiger charge is -1.97. The Morgan fingerprint density at radius 1 is 1.13 bits per heavy atom. The highest BCUT2D eigenvalue weighted by Crippen LogP contribution is 2.20. The van der Waals surface area contributed by atoms with Crippen LogP contribution in [0.4, 0.5) is 0 Å². The largest absolute Gasteiger partial charge is 0.147 e. The molecule has 2 rings (SSSR count). The van der Waals surface area contributed by atoms with Gasteiger partial charge in [0.05, 0.1) is 0 Å². The first-order valence-electron chi connectivity index (χ1n) is 5.25. The molecule has 0 fully saturated rings. The number of hydrogen-bond donors (Lipinski definition) is 0. The molecule has 2 nitrogen and oxygen atoms in total. The molecule has 0 aliphatic heterocycles. The highest BCUT2D eigenvalue weighted by molar-refractivity contribution is 7.12. The van der Waals surface area contributed by atoms with Gasteiger partial charge in [0.25, 0.3) is 0 Å². The minimum absolute atomic E-state index is 0.989. The van der Waals surface area contributed by atoms with Crippen LogP contribution in [0.25, 0.3) is 10.6 Å². The number of aryl methyl sites for hydroxylation is 1. The van der Waals surface area contributed by atoms with Gasteiger partial charge in [-0.15, -0.1) is 10.2 Å². The van der Waals surface area contributed by atoms with Crippen molar-refractivity contribution >= 4 is 11.3 Å². The van der Waals surface area contributed by atoms with Crippen molar-refractivity contribution in [3.8, 4) is 10.6 Å². The molecule has 0 aliphatic rings. The van der Waals surface area contributed by atoms with E-state index in [1.165, 1.54) is 5.56 Å². The van der Waals surface area contributed by atoms with Crippen LogP contribution in [0.5, 0.6) is 0 Å². The van der Waals surface area contributed by atoms with Gasteiger partial charge in [0, 0.05) is 5.56 Å². The van der Waals surface area contributed by atoms with E-state index in [-0.39, 0.29) is 0 Å². The van der Waals surface area contributed by atoms with Gasteiger partial charge < -0.3 is 0 Å². The molecule has 1 heterocycles. The van der Waals surface area contributed by atoms with Crippen LogP contribution in [0.1, 0.15) is 26.3 Å². The van der Waals surface area contributed by atoms with E-state index < -0.39 is 0 Å². The second-order valence-electron chi connectivity index (χ2n) is 2.79. The van der Waals surface area contributed by atoms with Crippen LogP contribution in [0.2, 0.25) is 0 Å². The second kappa shape index (κ2) is 6.30. The summed E-state index contributed by atoms with van der Waals surface area (Å²) in [6.45, 7) is 6.15. The van der Waals surface area contributed by atoms with Gasteiger partial charge in [-0.25, -0.2) is 0 Å². The van der Waals surface area contributed by atoms with Crippen LogP contribution in [0, 0.1) is 0 Å². The zero-order valence-corrected chi connectivity index (χ0v) is 10.2. The summed E-state index contributed by atoms with van der Waals surface area (Å²) >= 11 is 1.57. The third-order valence-corrected chi connectivity index (χ3v) is 2.71. The summed E-state index contributed by atoms with van der Waals surface area (Å²) in [5, 5.41) is 8.81. The zero-order valence-electron chi connectivity index (χ0n) is 9.40. The molecule has 0 saturated heterocycles. The molecule has 15 heavy (non-hydrogen) atoms. The van der Waals surface area contributed by atoms with Crippen LogP contribution < -0.4 is 0 Å². The van der Waals surface area contributed by atoms with Gasteiger partial charge in [0.1, 0.15) is 10.5 Å². The Morgan fingerprint density at radius 3 is 2.27 bits per heavy atom. The topological polar surface area (TPSA) is 25.8 Å². The third kappa shape index (κ3) is 3.13. The van der Waals surface area contributed by atoms with Crippen LogP contribution in [-0.4, -0.2) is 10.2 Å². The summed E-state index contributed by atoms with van der Waals surface area (Å²) in [5.74, 6) is 0. The standard InChI is InChI=1S/C10H10N2S.C2H6/c1-2-8-3-5-9(6-4-8)10-12-11-7-13-10;1-2/h3-7H,2H2,1H3;1-2H3. The van der Waals surface area contributed by atoms with Crippen molar-refractivity contribution < 1.29 is 0 Å². The number of nitrogens with zero attached hydrogens (tertiary/aromatic N) is 2. The highest BCUT2D eigenvalue weighted by Gasteiger charge is 1.99. The summed E-state index contributed by atoms with van der Waals surface area (Å²) < 4.78 is 0. The molecule has 0 amide bonds. The molecule has 0 aliphatic carbocycles. The predicted molar refractivity (Wildman–Crippen MR) is 66.1 cm³/mol. The maximum Gasteiger partial charge on any atom is 0.147 e. The van der Waals surface area contributed by atoms with E-state index in [4.69, 9.17) is 0 Å². The van der Waals surface area contributed by atoms with Crippen LogP contribution in [0.3, 0.4) is 0 Å². The number of hydrogen-bond acceptors (Lipinski definition) is 3. The van der Waals surface area contributed by atoms with E-state index in [1.54, 1.807) is 16.8 Å². The van der Waals surface area contributed by atoms with Crippen molar-refractivity contribution in [1.82, 2.24) is 10.2 Å². The summed E-state index contributed by atoms with van der Waals surface area (Å²) in [6.07, 6.45) is 1.08. The maximum atomic E-state index is 4.01. The average Bonchev–Trinajstić information content (AvgIpc) is 2.85. The molecule has 80 valence electrons. The lowest BCUT2D eigenvalue weighted by atomic mass is 10.1. The van der Waals surface area contributed by atoms with E-state index in [0.717, 1.165) is 17.0 Å². The second-order valence-corrected chi connectivity index (χ2v) is 3.63. The van der Waals surface area contributed by atoms with Gasteiger partial charge in [0.2, 0.25) is 0 Å². The Kier molecular flexibility index (Phi) is 4.98. The van der Waals surface area contributed by atoms with Crippen molar-refractivity contribution in [1.29, 1.82) is 0 Å². The van der Waals surface area contributed by atoms with E-state index in [9.17, 15) is 0 Å². The predicted octanol–water partition coefficient (Wildman–Crippen LogP) is 3.79. The highest BCUT2D eigenvalue weighted by atomic mass is 32.1. The van der Waals surface area contributed by atoms with Crippen molar-refractivity contribution in [2.75, 3.05) is 0 Å². The monoisotopic (exact) mass is 220 g/mol. The fourth-order valence-electron chi connectivity index (χ4n) is 1.18. The fraction of sp³-hybridized carbons (Fsp3) is 0.333. The number of aromatic nitrogens is 2. The van der Waals surface area contributed by atoms with Crippen LogP contribution in [-0.2, 0) is 6.42 Å². The molecule has 2 aromatic rings. The minimum Gasteiger partial charge on any atom is -0.147 e. The lowest BCUT2D eigenvalue weighted by molar-refractivity contribution is 1.09. The Labute approximate surface area is 95.0 Å². The first kappa shape index (κ1) is 11.9. The van der Waals surface area contributed by atoms with E-state index >= 15 is 0 Å². The van der Waals surface area contributed by atoms with Crippen LogP contribution >= 0.6 is 11.3 Å². The van der Waals surface area contributed by atoms with E-state index in [0.29, 0.717) is 0 Å². The first-order chi connectivity index (χ1) is 7.40. The molecule has 0 bridgehead atoms. The van der Waals surface area contributed by atoms with Gasteiger partial charge in [-0.1, -0.05) is 56.4 Å². The molecule has 0 radical (unpaired) electrons. The number of benzene rings is 1. The van der Waals surface area contributed by atoms with Crippen molar-refractivity contribution in [3.05, 3.63) is 35.3 Å². The summed E-state index contributed by atoms with van der Waals surface area (Å²) in [5.41, 5.74) is 4.26. The van der Waals surface area contributed by atoms with Crippen LogP contribution in [0.15, 0.2) is 29.8 Å². The molecule has 0 atom stereocenters. The van der Waals surface area contributed by atoms with Gasteiger partial charge in [0.15, 0.2) is 0 Å². The zero-order chi connectivity index (χ0) is 11.1. The van der Waals surface area contributed by atoms with E-state index in [2.05, 4.69) is 41.4 Å². The summed E-state index contributed by atoms with van der Waals surface area (Å²) in [7, 11) is 0. The van der Waals surface area contributed by atoms with Crippen molar-refractivity contribution in [2.24, 2.45) is 0 Å². The smallest absolute Gasteiger partial charge is 0.147 e. The normalized spacial score (nSPS) is 9.27.